The van der Waals surface area contributed by atoms with Gasteiger partial charge in [-0.15, -0.1) is 12.4 Å². The highest BCUT2D eigenvalue weighted by molar-refractivity contribution is 5.85. The van der Waals surface area contributed by atoms with Crippen molar-refractivity contribution in [1.82, 2.24) is 4.90 Å². The molecule has 2 rings (SSSR count). The molecule has 0 unspecified atom stereocenters. The molecule has 0 aliphatic rings. The van der Waals surface area contributed by atoms with E-state index in [-0.39, 0.29) is 24.2 Å². The summed E-state index contributed by atoms with van der Waals surface area (Å²) in [5.41, 5.74) is 3.34. The van der Waals surface area contributed by atoms with Crippen molar-refractivity contribution in [1.29, 1.82) is 5.26 Å². The van der Waals surface area contributed by atoms with Gasteiger partial charge < -0.3 is 9.64 Å². The van der Waals surface area contributed by atoms with Crippen molar-refractivity contribution < 1.29 is 14.3 Å². The minimum atomic E-state index is -0.627. The van der Waals surface area contributed by atoms with Gasteiger partial charge in [0.05, 0.1) is 18.7 Å². The average molecular weight is 429 g/mol. The molecule has 160 valence electrons. The van der Waals surface area contributed by atoms with Crippen LogP contribution in [0.4, 0.5) is 0 Å². The zero-order chi connectivity index (χ0) is 21.4. The molecule has 2 aromatic rings. The van der Waals surface area contributed by atoms with Crippen molar-refractivity contribution in [2.24, 2.45) is 5.92 Å². The maximum Gasteiger partial charge on any atom is 0.328 e. The fourth-order valence-corrected chi connectivity index (χ4v) is 3.40. The van der Waals surface area contributed by atoms with E-state index in [0.717, 1.165) is 16.7 Å². The minimum absolute atomic E-state index is 0. The molecule has 0 saturated carbocycles. The number of carbonyl (C=O) groups excluding carboxylic acids is 2. The average Bonchev–Trinajstić information content (AvgIpc) is 2.73. The summed E-state index contributed by atoms with van der Waals surface area (Å²) in [4.78, 5) is 26.7. The second kappa shape index (κ2) is 12.0. The standard InChI is InChI=1S/C24H28N2O3.ClH/c1-5-8-22(27)26(23(17(2)3)24(28)29-4)16-18-11-13-19(14-12-18)21-10-7-6-9-20(21)15-25;/h6-7,9-14,17,23H,5,8,16H2,1-4H3;1H/t23-;/m0./s1. The highest BCUT2D eigenvalue weighted by Crippen LogP contribution is 2.25. The highest BCUT2D eigenvalue weighted by Gasteiger charge is 2.32. The number of hydrogen-bond donors (Lipinski definition) is 0. The van der Waals surface area contributed by atoms with Crippen molar-refractivity contribution in [3.05, 3.63) is 59.7 Å². The summed E-state index contributed by atoms with van der Waals surface area (Å²) in [5.74, 6) is -0.524. The number of nitrogens with zero attached hydrogens (tertiary/aromatic N) is 2. The molecule has 5 nitrogen and oxygen atoms in total. The van der Waals surface area contributed by atoms with E-state index in [1.54, 1.807) is 11.0 Å². The van der Waals surface area contributed by atoms with Crippen LogP contribution in [0.3, 0.4) is 0 Å². The molecule has 0 radical (unpaired) electrons. The lowest BCUT2D eigenvalue weighted by Crippen LogP contribution is -2.48. The summed E-state index contributed by atoms with van der Waals surface area (Å²) in [6.45, 7) is 6.10. The lowest BCUT2D eigenvalue weighted by Gasteiger charge is -2.32. The molecule has 30 heavy (non-hydrogen) atoms. The van der Waals surface area contributed by atoms with E-state index >= 15 is 0 Å². The number of ether oxygens (including phenoxy) is 1. The molecule has 0 aliphatic heterocycles. The molecular formula is C24H29ClN2O3. The normalized spacial score (nSPS) is 11.2. The van der Waals surface area contributed by atoms with Gasteiger partial charge in [0.25, 0.3) is 0 Å². The van der Waals surface area contributed by atoms with Crippen LogP contribution in [0.5, 0.6) is 0 Å². The van der Waals surface area contributed by atoms with E-state index in [1.165, 1.54) is 7.11 Å². The molecule has 0 N–H and O–H groups in total. The number of carbonyl (C=O) groups is 2. The molecule has 0 aliphatic carbocycles. The summed E-state index contributed by atoms with van der Waals surface area (Å²) in [6, 6.07) is 16.8. The van der Waals surface area contributed by atoms with E-state index in [0.29, 0.717) is 24.9 Å². The Morgan fingerprint density at radius 1 is 1.10 bits per heavy atom. The third-order valence-electron chi connectivity index (χ3n) is 4.86. The summed E-state index contributed by atoms with van der Waals surface area (Å²) >= 11 is 0. The van der Waals surface area contributed by atoms with Crippen LogP contribution in [-0.4, -0.2) is 29.9 Å². The van der Waals surface area contributed by atoms with Crippen LogP contribution < -0.4 is 0 Å². The van der Waals surface area contributed by atoms with Gasteiger partial charge in [-0.25, -0.2) is 4.79 Å². The lowest BCUT2D eigenvalue weighted by molar-refractivity contribution is -0.155. The van der Waals surface area contributed by atoms with Crippen LogP contribution in [0.25, 0.3) is 11.1 Å². The number of methoxy groups -OCH3 is 1. The first-order valence-electron chi connectivity index (χ1n) is 9.88. The van der Waals surface area contributed by atoms with E-state index < -0.39 is 12.0 Å². The molecule has 1 amide bonds. The Labute approximate surface area is 185 Å². The molecular weight excluding hydrogens is 400 g/mol. The van der Waals surface area contributed by atoms with Crippen LogP contribution in [-0.2, 0) is 20.9 Å². The van der Waals surface area contributed by atoms with E-state index in [1.807, 2.05) is 63.2 Å². The number of rotatable bonds is 8. The molecule has 0 fully saturated rings. The fourth-order valence-electron chi connectivity index (χ4n) is 3.40. The van der Waals surface area contributed by atoms with Crippen molar-refractivity contribution in [3.8, 4) is 17.2 Å². The predicted octanol–water partition coefficient (Wildman–Crippen LogP) is 4.97. The number of amides is 1. The molecule has 0 bridgehead atoms. The van der Waals surface area contributed by atoms with Gasteiger partial charge in [0.2, 0.25) is 5.91 Å². The molecule has 2 aromatic carbocycles. The third-order valence-corrected chi connectivity index (χ3v) is 4.86. The molecule has 0 saturated heterocycles. The molecule has 1 atom stereocenters. The van der Waals surface area contributed by atoms with Gasteiger partial charge in [-0.1, -0.05) is 63.2 Å². The summed E-state index contributed by atoms with van der Waals surface area (Å²) in [6.07, 6.45) is 1.10. The summed E-state index contributed by atoms with van der Waals surface area (Å²) in [5, 5.41) is 9.32. The van der Waals surface area contributed by atoms with Crippen molar-refractivity contribution in [2.45, 2.75) is 46.2 Å². The number of halogens is 1. The van der Waals surface area contributed by atoms with E-state index in [2.05, 4.69) is 6.07 Å². The maximum atomic E-state index is 12.8. The van der Waals surface area contributed by atoms with E-state index in [9.17, 15) is 14.9 Å². The Bertz CT molecular complexity index is 888. The van der Waals surface area contributed by atoms with E-state index in [4.69, 9.17) is 4.74 Å². The Morgan fingerprint density at radius 3 is 2.27 bits per heavy atom. The quantitative estimate of drug-likeness (QED) is 0.556. The predicted molar refractivity (Wildman–Crippen MR) is 120 cm³/mol. The van der Waals surface area contributed by atoms with Gasteiger partial charge in [-0.2, -0.15) is 5.26 Å². The first-order chi connectivity index (χ1) is 13.9. The van der Waals surface area contributed by atoms with Gasteiger partial charge in [-0.05, 0) is 35.1 Å². The van der Waals surface area contributed by atoms with Gasteiger partial charge in [0.15, 0.2) is 0 Å². The topological polar surface area (TPSA) is 70.4 Å². The molecule has 0 spiro atoms. The van der Waals surface area contributed by atoms with Gasteiger partial charge >= 0.3 is 5.97 Å². The summed E-state index contributed by atoms with van der Waals surface area (Å²) < 4.78 is 4.96. The van der Waals surface area contributed by atoms with Crippen molar-refractivity contribution >= 4 is 24.3 Å². The zero-order valence-corrected chi connectivity index (χ0v) is 18.7. The Hall–Kier alpha value is -2.84. The third kappa shape index (κ3) is 6.08. The lowest BCUT2D eigenvalue weighted by atomic mass is 9.98. The zero-order valence-electron chi connectivity index (χ0n) is 17.9. The van der Waals surface area contributed by atoms with Gasteiger partial charge in [0, 0.05) is 13.0 Å². The van der Waals surface area contributed by atoms with Crippen LogP contribution in [0, 0.1) is 17.2 Å². The van der Waals surface area contributed by atoms with Crippen molar-refractivity contribution in [3.63, 3.8) is 0 Å². The largest absolute Gasteiger partial charge is 0.467 e. The Kier molecular flexibility index (Phi) is 10.1. The number of benzene rings is 2. The molecule has 0 aromatic heterocycles. The highest BCUT2D eigenvalue weighted by atomic mass is 35.5. The number of nitriles is 1. The Balaban J connectivity index is 0.00000450. The van der Waals surface area contributed by atoms with Gasteiger partial charge in [0.1, 0.15) is 6.04 Å². The van der Waals surface area contributed by atoms with Gasteiger partial charge in [-0.3, -0.25) is 4.79 Å². The molecule has 6 heteroatoms. The molecule has 0 heterocycles. The number of esters is 1. The smallest absolute Gasteiger partial charge is 0.328 e. The van der Waals surface area contributed by atoms with Crippen LogP contribution in [0.1, 0.15) is 44.7 Å². The number of hydrogen-bond acceptors (Lipinski definition) is 4. The van der Waals surface area contributed by atoms with Crippen molar-refractivity contribution in [2.75, 3.05) is 7.11 Å². The van der Waals surface area contributed by atoms with Crippen LogP contribution >= 0.6 is 12.4 Å². The monoisotopic (exact) mass is 428 g/mol. The second-order valence-corrected chi connectivity index (χ2v) is 7.34. The van der Waals surface area contributed by atoms with Crippen LogP contribution in [0.2, 0.25) is 0 Å². The summed E-state index contributed by atoms with van der Waals surface area (Å²) in [7, 11) is 1.35. The Morgan fingerprint density at radius 2 is 1.73 bits per heavy atom. The maximum absolute atomic E-state index is 12.8. The fraction of sp³-hybridized carbons (Fsp3) is 0.375. The second-order valence-electron chi connectivity index (χ2n) is 7.34. The first-order valence-corrected chi connectivity index (χ1v) is 9.88. The SMILES string of the molecule is CCCC(=O)N(Cc1ccc(-c2ccccc2C#N)cc1)[C@H](C(=O)OC)C(C)C.Cl. The van der Waals surface area contributed by atoms with Crippen LogP contribution in [0.15, 0.2) is 48.5 Å². The minimum Gasteiger partial charge on any atom is -0.467 e. The first kappa shape index (κ1) is 25.2.